The van der Waals surface area contributed by atoms with Gasteiger partial charge in [-0.15, -0.1) is 5.30 Å². The van der Waals surface area contributed by atoms with Gasteiger partial charge >= 0.3 is 0 Å². The molecule has 0 saturated heterocycles. The zero-order valence-corrected chi connectivity index (χ0v) is 29.8. The van der Waals surface area contributed by atoms with Crippen molar-refractivity contribution in [1.82, 2.24) is 0 Å². The minimum absolute atomic E-state index is 0.922. The molecule has 0 rings (SSSR count). The van der Waals surface area contributed by atoms with Crippen molar-refractivity contribution in [1.29, 1.82) is 0 Å². The number of hydrogen-bond acceptors (Lipinski definition) is 0. The van der Waals surface area contributed by atoms with E-state index in [0.29, 0.717) is 0 Å². The van der Waals surface area contributed by atoms with Crippen molar-refractivity contribution < 1.29 is 0 Å². The molecular weight excluding hydrogens is 449 g/mol. The van der Waals surface area contributed by atoms with Crippen LogP contribution >= 0.6 is 0 Å². The normalized spacial score (nSPS) is 16.1. The lowest BCUT2D eigenvalue weighted by Crippen LogP contribution is -2.72. The van der Waals surface area contributed by atoms with Crippen molar-refractivity contribution in [3.8, 4) is 0 Å². The third kappa shape index (κ3) is 7.51. The van der Waals surface area contributed by atoms with E-state index in [1.165, 1.54) is 8.65 Å². The predicted octanol–water partition coefficient (Wildman–Crippen LogP) is 7.98. The van der Waals surface area contributed by atoms with Gasteiger partial charge in [-0.25, -0.2) is 0 Å². The molecule has 0 saturated carbocycles. The van der Waals surface area contributed by atoms with Gasteiger partial charge in [0.2, 0.25) is 0 Å². The molecule has 0 aliphatic rings. The van der Waals surface area contributed by atoms with Crippen molar-refractivity contribution >= 4 is 61.9 Å². The molecule has 0 amide bonds. The molecule has 0 aromatic heterocycles. The van der Waals surface area contributed by atoms with E-state index < -0.39 is 48.0 Å². The van der Waals surface area contributed by atoms with Crippen LogP contribution in [0, 0.1) is 0 Å². The first kappa shape index (κ1) is 29.4. The van der Waals surface area contributed by atoms with Crippen molar-refractivity contribution in [2.24, 2.45) is 0 Å². The molecule has 167 valence electrons. The summed E-state index contributed by atoms with van der Waals surface area (Å²) in [5.41, 5.74) is 0.922. The van der Waals surface area contributed by atoms with Gasteiger partial charge in [0.05, 0.1) is 15.7 Å². The summed E-state index contributed by atoms with van der Waals surface area (Å²) in [7, 11) is -6.56. The molecule has 0 aromatic rings. The maximum atomic E-state index is 2.96. The molecule has 0 heterocycles. The van der Waals surface area contributed by atoms with Gasteiger partial charge in [0.1, 0.15) is 0 Å². The zero-order chi connectivity index (χ0) is 23.1. The molecule has 0 nitrogen and oxygen atoms in total. The Morgan fingerprint density at radius 3 is 0.893 bits per heavy atom. The van der Waals surface area contributed by atoms with E-state index >= 15 is 0 Å². The third-order valence-corrected chi connectivity index (χ3v) is 57.7. The lowest BCUT2D eigenvalue weighted by atomic mass is 10.6. The largest absolute Gasteiger partial charge is 0.116 e. The van der Waals surface area contributed by atoms with Crippen LogP contribution in [0.2, 0.25) is 113 Å². The highest BCUT2D eigenvalue weighted by molar-refractivity contribution is 7.45. The molecular formula is C21H55Si7. The average molecular weight is 504 g/mol. The van der Waals surface area contributed by atoms with E-state index in [-0.39, 0.29) is 0 Å². The number of rotatable bonds is 9. The Morgan fingerprint density at radius 1 is 0.500 bits per heavy atom. The molecule has 0 atom stereocenters. The molecule has 0 aliphatic heterocycles. The molecule has 1 radical (unpaired) electrons. The van der Waals surface area contributed by atoms with Gasteiger partial charge in [-0.3, -0.25) is 0 Å². The minimum Gasteiger partial charge on any atom is -0.116 e. The minimum atomic E-state index is -1.53. The van der Waals surface area contributed by atoms with E-state index in [0.717, 1.165) is 15.1 Å². The van der Waals surface area contributed by atoms with E-state index in [2.05, 4.69) is 117 Å². The highest BCUT2D eigenvalue weighted by Gasteiger charge is 2.61. The maximum Gasteiger partial charge on any atom is 0.0634 e. The first-order valence-corrected chi connectivity index (χ1v) is 33.7. The van der Waals surface area contributed by atoms with Crippen LogP contribution in [0.1, 0.15) is 13.8 Å². The highest BCUT2D eigenvalue weighted by Crippen LogP contribution is 2.54. The second-order valence-electron chi connectivity index (χ2n) is 15.1. The van der Waals surface area contributed by atoms with Crippen molar-refractivity contribution in [2.45, 2.75) is 127 Å². The second kappa shape index (κ2) is 9.09. The summed E-state index contributed by atoms with van der Waals surface area (Å²) in [5.74, 6) is 0. The first-order valence-electron chi connectivity index (χ1n) is 11.5. The van der Waals surface area contributed by atoms with Gasteiger partial charge in [0, 0.05) is 32.3 Å². The van der Waals surface area contributed by atoms with Gasteiger partial charge in [-0.1, -0.05) is 127 Å². The first-order chi connectivity index (χ1) is 11.9. The molecule has 0 spiro atoms. The van der Waals surface area contributed by atoms with Gasteiger partial charge in [-0.2, -0.15) is 0 Å². The summed E-state index contributed by atoms with van der Waals surface area (Å²) >= 11 is 0. The van der Waals surface area contributed by atoms with E-state index in [9.17, 15) is 0 Å². The van der Waals surface area contributed by atoms with Crippen molar-refractivity contribution in [3.63, 3.8) is 0 Å². The van der Waals surface area contributed by atoms with Crippen LogP contribution in [0.15, 0.2) is 0 Å². The Bertz CT molecular complexity index is 472. The highest BCUT2D eigenvalue weighted by atomic mass is 29.2. The van der Waals surface area contributed by atoms with E-state index in [1.54, 1.807) is 0 Å². The standard InChI is InChI=1S/C21H55Si7/c1-19(2)28(22-18-23(3,4)5,20(24(6,7)8)25(9,10)11)21(26(12,13)14)27(15,16)17/h18-21H,1-17H3. The van der Waals surface area contributed by atoms with Crippen LogP contribution in [-0.4, -0.2) is 61.9 Å². The molecule has 0 bridgehead atoms. The lowest BCUT2D eigenvalue weighted by Gasteiger charge is -2.61. The summed E-state index contributed by atoms with van der Waals surface area (Å²) in [4.78, 5) is 2.25. The Balaban J connectivity index is 7.48. The zero-order valence-electron chi connectivity index (χ0n) is 22.8. The molecule has 0 aliphatic carbocycles. The van der Waals surface area contributed by atoms with E-state index in [1.807, 2.05) is 0 Å². The fourth-order valence-corrected chi connectivity index (χ4v) is 90.5. The molecule has 28 heavy (non-hydrogen) atoms. The van der Waals surface area contributed by atoms with E-state index in [4.69, 9.17) is 0 Å². The molecule has 0 fully saturated rings. The van der Waals surface area contributed by atoms with Crippen LogP contribution in [0.25, 0.3) is 0 Å². The smallest absolute Gasteiger partial charge is 0.0634 e. The van der Waals surface area contributed by atoms with Crippen LogP contribution in [0.4, 0.5) is 0 Å². The van der Waals surface area contributed by atoms with Gasteiger partial charge in [-0.05, 0) is 8.65 Å². The summed E-state index contributed by atoms with van der Waals surface area (Å²) in [6, 6.07) is 0. The average Bonchev–Trinajstić information content (AvgIpc) is 2.26. The summed E-state index contributed by atoms with van der Waals surface area (Å²) in [5, 5.41) is 2.96. The van der Waals surface area contributed by atoms with Gasteiger partial charge in [0.15, 0.2) is 0 Å². The SMILES string of the molecule is CC(C)[Si]([Si]=C[Si](C)(C)C)(C([Si](C)(C)C)[Si](C)(C)C)C([Si](C)(C)C)[Si](C)(C)C. The van der Waals surface area contributed by atoms with Crippen molar-refractivity contribution in [2.75, 3.05) is 0 Å². The van der Waals surface area contributed by atoms with Crippen LogP contribution < -0.4 is 0 Å². The van der Waals surface area contributed by atoms with Crippen LogP contribution in [-0.2, 0) is 0 Å². The van der Waals surface area contributed by atoms with Gasteiger partial charge < -0.3 is 0 Å². The Hall–Kier alpha value is 1.39. The quantitative estimate of drug-likeness (QED) is 0.280. The Morgan fingerprint density at radius 2 is 0.750 bits per heavy atom. The topological polar surface area (TPSA) is 0 Å². The second-order valence-corrected chi connectivity index (χ2v) is 53.6. The van der Waals surface area contributed by atoms with Crippen LogP contribution in [0.5, 0.6) is 0 Å². The molecule has 0 unspecified atom stereocenters. The summed E-state index contributed by atoms with van der Waals surface area (Å²) in [6.07, 6.45) is 0. The Labute approximate surface area is 188 Å². The summed E-state index contributed by atoms with van der Waals surface area (Å²) in [6.45, 7) is 46.0. The lowest BCUT2D eigenvalue weighted by molar-refractivity contribution is 0.991. The van der Waals surface area contributed by atoms with Crippen LogP contribution in [0.3, 0.4) is 0 Å². The number of hydrogen-bond donors (Lipinski definition) is 0. The monoisotopic (exact) mass is 503 g/mol. The summed E-state index contributed by atoms with van der Waals surface area (Å²) < 4.78 is 0. The molecule has 0 aromatic carbocycles. The molecule has 7 heteroatoms. The fourth-order valence-electron chi connectivity index (χ4n) is 6.97. The predicted molar refractivity (Wildman–Crippen MR) is 157 cm³/mol. The Kier molecular flexibility index (Phi) is 9.55. The maximum absolute atomic E-state index is 2.96. The van der Waals surface area contributed by atoms with Crippen molar-refractivity contribution in [3.05, 3.63) is 0 Å². The fraction of sp³-hybridized carbons (Fsp3) is 0.952. The molecule has 0 N–H and O–H groups in total. The van der Waals surface area contributed by atoms with Gasteiger partial charge in [0.25, 0.3) is 0 Å². The third-order valence-electron chi connectivity index (χ3n) is 6.13.